The number of carbonyl (C=O) groups excluding carboxylic acids is 2. The molecule has 1 heterocycles. The molecule has 3 rings (SSSR count). The molecule has 3 N–H and O–H groups in total. The third-order valence-corrected chi connectivity index (χ3v) is 4.73. The van der Waals surface area contributed by atoms with E-state index in [9.17, 15) is 14.4 Å². The third-order valence-electron chi connectivity index (χ3n) is 4.73. The largest absolute Gasteiger partial charge is 0.481 e. The lowest BCUT2D eigenvalue weighted by atomic mass is 9.92. The maximum atomic E-state index is 12.5. The van der Waals surface area contributed by atoms with Crippen LogP contribution in [0.25, 0.3) is 0 Å². The van der Waals surface area contributed by atoms with E-state index in [0.29, 0.717) is 31.5 Å². The lowest BCUT2D eigenvalue weighted by Gasteiger charge is -2.28. The number of hydrogen-bond donors (Lipinski definition) is 3. The summed E-state index contributed by atoms with van der Waals surface area (Å²) in [4.78, 5) is 36.9. The van der Waals surface area contributed by atoms with Gasteiger partial charge < -0.3 is 15.7 Å². The number of amides is 3. The van der Waals surface area contributed by atoms with E-state index in [4.69, 9.17) is 5.11 Å². The summed E-state index contributed by atoms with van der Waals surface area (Å²) < 4.78 is 0. The summed E-state index contributed by atoms with van der Waals surface area (Å²) in [5.74, 6) is -1.16. The maximum absolute atomic E-state index is 12.5. The van der Waals surface area contributed by atoms with Crippen LogP contribution in [0.15, 0.2) is 24.3 Å². The molecule has 1 aliphatic carbocycles. The third kappa shape index (κ3) is 3.34. The van der Waals surface area contributed by atoms with Crippen molar-refractivity contribution < 1.29 is 19.5 Å². The summed E-state index contributed by atoms with van der Waals surface area (Å²) in [5, 5.41) is 14.8. The van der Waals surface area contributed by atoms with Crippen molar-refractivity contribution >= 4 is 23.6 Å². The first-order chi connectivity index (χ1) is 11.5. The predicted molar refractivity (Wildman–Crippen MR) is 88.1 cm³/mol. The number of hydrogen-bond acceptors (Lipinski definition) is 3. The highest BCUT2D eigenvalue weighted by Gasteiger charge is 2.37. The van der Waals surface area contributed by atoms with Gasteiger partial charge >= 0.3 is 12.0 Å². The molecule has 1 aliphatic heterocycles. The number of benzene rings is 1. The Morgan fingerprint density at radius 1 is 1.21 bits per heavy atom. The van der Waals surface area contributed by atoms with E-state index in [1.54, 1.807) is 29.2 Å². The monoisotopic (exact) mass is 331 g/mol. The minimum absolute atomic E-state index is 0.0508. The van der Waals surface area contributed by atoms with Gasteiger partial charge in [0, 0.05) is 24.3 Å². The number of carbonyl (C=O) groups is 3. The molecule has 2 aliphatic rings. The van der Waals surface area contributed by atoms with Crippen LogP contribution in [0.4, 0.5) is 10.5 Å². The smallest absolute Gasteiger partial charge is 0.321 e. The van der Waals surface area contributed by atoms with E-state index in [2.05, 4.69) is 10.6 Å². The van der Waals surface area contributed by atoms with Crippen molar-refractivity contribution in [1.82, 2.24) is 10.6 Å². The second-order valence-corrected chi connectivity index (χ2v) is 6.44. The van der Waals surface area contributed by atoms with E-state index >= 15 is 0 Å². The highest BCUT2D eigenvalue weighted by Crippen LogP contribution is 2.33. The predicted octanol–water partition coefficient (Wildman–Crippen LogP) is 1.73. The summed E-state index contributed by atoms with van der Waals surface area (Å²) in [5.41, 5.74) is 0.564. The Labute approximate surface area is 140 Å². The standard InChI is InChI=1S/C17H21N3O4/c21-14(22)11-17(7-1-2-8-17)19-15(23)12-3-5-13(6-4-12)20-10-9-18-16(20)24/h3-6H,1-2,7-11H2,(H,18,24)(H,19,23)(H,21,22). The number of nitrogens with zero attached hydrogens (tertiary/aromatic N) is 1. The Balaban J connectivity index is 1.70. The summed E-state index contributed by atoms with van der Waals surface area (Å²) in [7, 11) is 0. The molecule has 1 saturated carbocycles. The number of carboxylic acids is 1. The Morgan fingerprint density at radius 2 is 1.88 bits per heavy atom. The highest BCUT2D eigenvalue weighted by atomic mass is 16.4. The van der Waals surface area contributed by atoms with Gasteiger partial charge in [-0.3, -0.25) is 14.5 Å². The van der Waals surface area contributed by atoms with Gasteiger partial charge in [0.15, 0.2) is 0 Å². The summed E-state index contributed by atoms with van der Waals surface area (Å²) in [6.45, 7) is 1.21. The number of anilines is 1. The fourth-order valence-electron chi connectivity index (χ4n) is 3.51. The van der Waals surface area contributed by atoms with Crippen molar-refractivity contribution in [3.8, 4) is 0 Å². The molecule has 7 nitrogen and oxygen atoms in total. The van der Waals surface area contributed by atoms with E-state index in [-0.39, 0.29) is 18.4 Å². The van der Waals surface area contributed by atoms with Gasteiger partial charge in [0.05, 0.1) is 12.0 Å². The number of nitrogens with one attached hydrogen (secondary N) is 2. The van der Waals surface area contributed by atoms with Crippen LogP contribution in [0.3, 0.4) is 0 Å². The normalized spacial score (nSPS) is 19.2. The Kier molecular flexibility index (Phi) is 4.42. The van der Waals surface area contributed by atoms with Crippen molar-refractivity contribution in [3.63, 3.8) is 0 Å². The van der Waals surface area contributed by atoms with E-state index in [1.807, 2.05) is 0 Å². The second kappa shape index (κ2) is 6.51. The first-order valence-electron chi connectivity index (χ1n) is 8.19. The molecule has 0 unspecified atom stereocenters. The zero-order chi connectivity index (χ0) is 17.2. The van der Waals surface area contributed by atoms with Crippen LogP contribution in [0.2, 0.25) is 0 Å². The Bertz CT molecular complexity index is 650. The molecule has 1 aromatic rings. The highest BCUT2D eigenvalue weighted by molar-refractivity contribution is 5.97. The zero-order valence-electron chi connectivity index (χ0n) is 13.4. The molecule has 1 aromatic carbocycles. The van der Waals surface area contributed by atoms with Gasteiger partial charge in [-0.05, 0) is 37.1 Å². The molecular formula is C17H21N3O4. The number of carboxylic acid groups (broad SMARTS) is 1. The van der Waals surface area contributed by atoms with E-state index < -0.39 is 11.5 Å². The molecule has 1 saturated heterocycles. The molecule has 0 radical (unpaired) electrons. The van der Waals surface area contributed by atoms with Crippen LogP contribution >= 0.6 is 0 Å². The quantitative estimate of drug-likeness (QED) is 0.765. The number of rotatable bonds is 5. The first-order valence-corrected chi connectivity index (χ1v) is 8.19. The van der Waals surface area contributed by atoms with Crippen LogP contribution in [0.1, 0.15) is 42.5 Å². The molecule has 0 spiro atoms. The van der Waals surface area contributed by atoms with Gasteiger partial charge in [-0.15, -0.1) is 0 Å². The minimum atomic E-state index is -0.896. The molecule has 0 aromatic heterocycles. The van der Waals surface area contributed by atoms with Crippen molar-refractivity contribution in [3.05, 3.63) is 29.8 Å². The Hall–Kier alpha value is -2.57. The lowest BCUT2D eigenvalue weighted by molar-refractivity contribution is -0.138. The second-order valence-electron chi connectivity index (χ2n) is 6.44. The molecular weight excluding hydrogens is 310 g/mol. The first kappa shape index (κ1) is 16.3. The summed E-state index contributed by atoms with van der Waals surface area (Å²) in [6, 6.07) is 6.66. The van der Waals surface area contributed by atoms with Gasteiger partial charge in [0.25, 0.3) is 5.91 Å². The molecule has 0 bridgehead atoms. The van der Waals surface area contributed by atoms with Gasteiger partial charge in [-0.2, -0.15) is 0 Å². The fraction of sp³-hybridized carbons (Fsp3) is 0.471. The topological polar surface area (TPSA) is 98.7 Å². The zero-order valence-corrected chi connectivity index (χ0v) is 13.4. The van der Waals surface area contributed by atoms with Crippen molar-refractivity contribution in [2.24, 2.45) is 0 Å². The van der Waals surface area contributed by atoms with Gasteiger partial charge in [-0.25, -0.2) is 4.79 Å². The van der Waals surface area contributed by atoms with Gasteiger partial charge in [0.2, 0.25) is 0 Å². The molecule has 24 heavy (non-hydrogen) atoms. The Morgan fingerprint density at radius 3 is 2.42 bits per heavy atom. The lowest BCUT2D eigenvalue weighted by Crippen LogP contribution is -2.47. The van der Waals surface area contributed by atoms with Crippen LogP contribution in [0, 0.1) is 0 Å². The van der Waals surface area contributed by atoms with Gasteiger partial charge in [-0.1, -0.05) is 12.8 Å². The average molecular weight is 331 g/mol. The number of urea groups is 1. The van der Waals surface area contributed by atoms with Crippen molar-refractivity contribution in [1.29, 1.82) is 0 Å². The fourth-order valence-corrected chi connectivity index (χ4v) is 3.51. The van der Waals surface area contributed by atoms with Gasteiger partial charge in [0.1, 0.15) is 0 Å². The van der Waals surface area contributed by atoms with Crippen molar-refractivity contribution in [2.75, 3.05) is 18.0 Å². The molecule has 3 amide bonds. The van der Waals surface area contributed by atoms with E-state index in [1.165, 1.54) is 0 Å². The molecule has 7 heteroatoms. The van der Waals surface area contributed by atoms with Crippen LogP contribution in [-0.4, -0.2) is 41.6 Å². The number of aliphatic carboxylic acids is 1. The molecule has 128 valence electrons. The van der Waals surface area contributed by atoms with E-state index in [0.717, 1.165) is 18.5 Å². The minimum Gasteiger partial charge on any atom is -0.481 e. The van der Waals surface area contributed by atoms with Crippen LogP contribution in [0.5, 0.6) is 0 Å². The van der Waals surface area contributed by atoms with Crippen LogP contribution in [-0.2, 0) is 4.79 Å². The van der Waals surface area contributed by atoms with Crippen molar-refractivity contribution in [2.45, 2.75) is 37.6 Å². The average Bonchev–Trinajstić information content (AvgIpc) is 3.16. The van der Waals surface area contributed by atoms with Crippen LogP contribution < -0.4 is 15.5 Å². The summed E-state index contributed by atoms with van der Waals surface area (Å²) >= 11 is 0. The molecule has 2 fully saturated rings. The summed E-state index contributed by atoms with van der Waals surface area (Å²) in [6.07, 6.45) is 3.19. The molecule has 0 atom stereocenters. The maximum Gasteiger partial charge on any atom is 0.321 e. The SMILES string of the molecule is O=C(O)CC1(NC(=O)c2ccc(N3CCNC3=O)cc2)CCCC1.